The summed E-state index contributed by atoms with van der Waals surface area (Å²) in [6, 6.07) is 8.49. The van der Waals surface area contributed by atoms with Crippen LogP contribution in [0.3, 0.4) is 0 Å². The van der Waals surface area contributed by atoms with E-state index in [0.717, 1.165) is 11.3 Å². The molecule has 21 heavy (non-hydrogen) atoms. The van der Waals surface area contributed by atoms with Crippen LogP contribution in [0.4, 0.5) is 18.9 Å². The van der Waals surface area contributed by atoms with E-state index in [2.05, 4.69) is 9.46 Å². The standard InChI is InChI=1S/C12H10F3NO3S2/c13-12(14,15)8-19-10-5-2-1-4-9(10)16-21(17,18)11-6-3-7-20-11/h1-7,16H,8H2. The molecule has 0 saturated carbocycles. The fraction of sp³-hybridized carbons (Fsp3) is 0.167. The Bertz CT molecular complexity index is 697. The van der Waals surface area contributed by atoms with Crippen molar-refractivity contribution in [1.29, 1.82) is 0 Å². The highest BCUT2D eigenvalue weighted by atomic mass is 32.2. The highest BCUT2D eigenvalue weighted by molar-refractivity contribution is 7.94. The minimum Gasteiger partial charge on any atom is -0.482 e. The molecule has 9 heteroatoms. The molecule has 0 aliphatic carbocycles. The molecular formula is C12H10F3NO3S2. The van der Waals surface area contributed by atoms with Gasteiger partial charge >= 0.3 is 6.18 Å². The van der Waals surface area contributed by atoms with Crippen LogP contribution in [0.1, 0.15) is 0 Å². The lowest BCUT2D eigenvalue weighted by Crippen LogP contribution is -2.20. The lowest BCUT2D eigenvalue weighted by molar-refractivity contribution is -0.153. The van der Waals surface area contributed by atoms with E-state index in [1.54, 1.807) is 11.4 Å². The highest BCUT2D eigenvalue weighted by Gasteiger charge is 2.29. The molecule has 0 fully saturated rings. The molecule has 0 amide bonds. The van der Waals surface area contributed by atoms with Gasteiger partial charge in [0.25, 0.3) is 10.0 Å². The molecule has 2 rings (SSSR count). The van der Waals surface area contributed by atoms with Crippen molar-refractivity contribution in [3.8, 4) is 5.75 Å². The van der Waals surface area contributed by atoms with Crippen LogP contribution in [0, 0.1) is 0 Å². The highest BCUT2D eigenvalue weighted by Crippen LogP contribution is 2.29. The first kappa shape index (κ1) is 15.6. The van der Waals surface area contributed by atoms with Gasteiger partial charge in [0.1, 0.15) is 9.96 Å². The number of rotatable bonds is 5. The third-order valence-electron chi connectivity index (χ3n) is 2.28. The molecule has 1 aromatic heterocycles. The lowest BCUT2D eigenvalue weighted by atomic mass is 10.3. The molecule has 0 aliphatic heterocycles. The number of nitrogens with one attached hydrogen (secondary N) is 1. The zero-order valence-electron chi connectivity index (χ0n) is 10.4. The molecule has 1 N–H and O–H groups in total. The van der Waals surface area contributed by atoms with Crippen LogP contribution < -0.4 is 9.46 Å². The van der Waals surface area contributed by atoms with Gasteiger partial charge in [-0.3, -0.25) is 4.72 Å². The van der Waals surface area contributed by atoms with Crippen LogP contribution in [-0.2, 0) is 10.0 Å². The summed E-state index contributed by atoms with van der Waals surface area (Å²) in [6.07, 6.45) is -4.50. The maximum atomic E-state index is 12.2. The Hall–Kier alpha value is -1.74. The van der Waals surface area contributed by atoms with Gasteiger partial charge in [-0.25, -0.2) is 8.42 Å². The van der Waals surface area contributed by atoms with E-state index < -0.39 is 22.8 Å². The van der Waals surface area contributed by atoms with Gasteiger partial charge in [0, 0.05) is 0 Å². The summed E-state index contributed by atoms with van der Waals surface area (Å²) in [4.78, 5) is 0. The average Bonchev–Trinajstić information content (AvgIpc) is 2.91. The minimum absolute atomic E-state index is 0.0462. The van der Waals surface area contributed by atoms with Crippen LogP contribution in [-0.4, -0.2) is 21.2 Å². The van der Waals surface area contributed by atoms with Gasteiger partial charge in [-0.1, -0.05) is 18.2 Å². The minimum atomic E-state index is -4.50. The van der Waals surface area contributed by atoms with Crippen molar-refractivity contribution in [2.75, 3.05) is 11.3 Å². The first-order valence-electron chi connectivity index (χ1n) is 5.63. The number of halogens is 3. The first-order chi connectivity index (χ1) is 9.78. The average molecular weight is 337 g/mol. The predicted octanol–water partition coefficient (Wildman–Crippen LogP) is 3.49. The molecular weight excluding hydrogens is 327 g/mol. The third-order valence-corrected chi connectivity index (χ3v) is 5.05. The molecule has 1 heterocycles. The SMILES string of the molecule is O=S(=O)(Nc1ccccc1OCC(F)(F)F)c1cccs1. The molecule has 0 bridgehead atoms. The van der Waals surface area contributed by atoms with Gasteiger partial charge in [0.05, 0.1) is 5.69 Å². The summed E-state index contributed by atoms with van der Waals surface area (Å²) in [6.45, 7) is -1.50. The van der Waals surface area contributed by atoms with Gasteiger partial charge in [-0.2, -0.15) is 13.2 Å². The van der Waals surface area contributed by atoms with E-state index in [-0.39, 0.29) is 15.6 Å². The number of hydrogen-bond acceptors (Lipinski definition) is 4. The van der Waals surface area contributed by atoms with Crippen molar-refractivity contribution in [1.82, 2.24) is 0 Å². The number of ether oxygens (including phenoxy) is 1. The number of alkyl halides is 3. The Balaban J connectivity index is 2.21. The van der Waals surface area contributed by atoms with Gasteiger partial charge < -0.3 is 4.74 Å². The Morgan fingerprint density at radius 3 is 2.48 bits per heavy atom. The number of sulfonamides is 1. The van der Waals surface area contributed by atoms with E-state index in [0.29, 0.717) is 0 Å². The van der Waals surface area contributed by atoms with E-state index in [9.17, 15) is 21.6 Å². The number of para-hydroxylation sites is 2. The summed E-state index contributed by atoms with van der Waals surface area (Å²) < 4.78 is 67.5. The Labute approximate surface area is 123 Å². The number of benzene rings is 1. The van der Waals surface area contributed by atoms with E-state index >= 15 is 0 Å². The van der Waals surface area contributed by atoms with Crippen molar-refractivity contribution in [2.24, 2.45) is 0 Å². The van der Waals surface area contributed by atoms with Crippen LogP contribution in [0.5, 0.6) is 5.75 Å². The fourth-order valence-corrected chi connectivity index (χ4v) is 3.51. The van der Waals surface area contributed by atoms with Crippen molar-refractivity contribution >= 4 is 27.0 Å². The second-order valence-corrected chi connectivity index (χ2v) is 6.79. The van der Waals surface area contributed by atoms with Gasteiger partial charge in [0.2, 0.25) is 0 Å². The molecule has 0 unspecified atom stereocenters. The largest absolute Gasteiger partial charge is 0.482 e. The quantitative estimate of drug-likeness (QED) is 0.909. The van der Waals surface area contributed by atoms with Crippen molar-refractivity contribution in [2.45, 2.75) is 10.4 Å². The topological polar surface area (TPSA) is 55.4 Å². The molecule has 1 aromatic carbocycles. The van der Waals surface area contributed by atoms with Crippen LogP contribution >= 0.6 is 11.3 Å². The van der Waals surface area contributed by atoms with Crippen LogP contribution in [0.15, 0.2) is 46.0 Å². The molecule has 114 valence electrons. The third kappa shape index (κ3) is 4.36. The summed E-state index contributed by atoms with van der Waals surface area (Å²) >= 11 is 1.00. The normalized spacial score (nSPS) is 12.1. The smallest absolute Gasteiger partial charge is 0.422 e. The molecule has 0 atom stereocenters. The monoisotopic (exact) mass is 337 g/mol. The first-order valence-corrected chi connectivity index (χ1v) is 7.99. The maximum Gasteiger partial charge on any atom is 0.422 e. The molecule has 0 saturated heterocycles. The van der Waals surface area contributed by atoms with E-state index in [1.165, 1.54) is 30.3 Å². The van der Waals surface area contributed by atoms with Gasteiger partial charge in [-0.15, -0.1) is 11.3 Å². The van der Waals surface area contributed by atoms with Crippen LogP contribution in [0.2, 0.25) is 0 Å². The summed E-state index contributed by atoms with van der Waals surface area (Å²) in [7, 11) is -3.84. The number of hydrogen-bond donors (Lipinski definition) is 1. The lowest BCUT2D eigenvalue weighted by Gasteiger charge is -2.14. The van der Waals surface area contributed by atoms with Gasteiger partial charge in [-0.05, 0) is 23.6 Å². The molecule has 0 radical (unpaired) electrons. The second-order valence-electron chi connectivity index (χ2n) is 3.94. The fourth-order valence-electron chi connectivity index (χ4n) is 1.45. The number of anilines is 1. The van der Waals surface area contributed by atoms with E-state index in [1.807, 2.05) is 0 Å². The predicted molar refractivity (Wildman–Crippen MR) is 73.1 cm³/mol. The molecule has 4 nitrogen and oxygen atoms in total. The summed E-state index contributed by atoms with van der Waals surface area (Å²) in [5.74, 6) is -0.185. The summed E-state index contributed by atoms with van der Waals surface area (Å²) in [5.41, 5.74) is -0.0462. The van der Waals surface area contributed by atoms with Crippen molar-refractivity contribution < 1.29 is 26.3 Å². The van der Waals surface area contributed by atoms with Crippen LogP contribution in [0.25, 0.3) is 0 Å². The molecule has 2 aromatic rings. The summed E-state index contributed by atoms with van der Waals surface area (Å²) in [5, 5.41) is 1.58. The zero-order valence-corrected chi connectivity index (χ0v) is 12.1. The zero-order chi connectivity index (χ0) is 15.5. The Morgan fingerprint density at radius 1 is 1.14 bits per heavy atom. The number of thiophene rings is 1. The molecule has 0 spiro atoms. The van der Waals surface area contributed by atoms with Gasteiger partial charge in [0.15, 0.2) is 6.61 Å². The second kappa shape index (κ2) is 5.94. The maximum absolute atomic E-state index is 12.2. The van der Waals surface area contributed by atoms with Crippen molar-refractivity contribution in [3.63, 3.8) is 0 Å². The van der Waals surface area contributed by atoms with Crippen molar-refractivity contribution in [3.05, 3.63) is 41.8 Å². The Kier molecular flexibility index (Phi) is 4.43. The molecule has 0 aliphatic rings. The van der Waals surface area contributed by atoms with E-state index in [4.69, 9.17) is 0 Å². The Morgan fingerprint density at radius 2 is 1.86 bits per heavy atom.